The van der Waals surface area contributed by atoms with E-state index in [0.717, 1.165) is 10.0 Å². The Morgan fingerprint density at radius 1 is 1.03 bits per heavy atom. The van der Waals surface area contributed by atoms with Gasteiger partial charge >= 0.3 is 5.97 Å². The van der Waals surface area contributed by atoms with Crippen molar-refractivity contribution in [3.8, 4) is 11.1 Å². The van der Waals surface area contributed by atoms with Gasteiger partial charge in [-0.1, -0.05) is 35.9 Å². The van der Waals surface area contributed by atoms with Crippen LogP contribution in [0.4, 0.5) is 8.78 Å². The Bertz CT molecular complexity index is 1460. The molecule has 0 aliphatic rings. The molecule has 0 unspecified atom stereocenters. The molecule has 0 radical (unpaired) electrons. The van der Waals surface area contributed by atoms with Crippen molar-refractivity contribution in [1.82, 2.24) is 3.97 Å². The highest BCUT2D eigenvalue weighted by Gasteiger charge is 2.23. The van der Waals surface area contributed by atoms with Crippen molar-refractivity contribution >= 4 is 38.5 Å². The van der Waals surface area contributed by atoms with Gasteiger partial charge in [0.1, 0.15) is 11.6 Å². The first-order valence-electron chi connectivity index (χ1n) is 9.50. The molecule has 0 spiro atoms. The summed E-state index contributed by atoms with van der Waals surface area (Å²) in [6, 6.07) is 13.8. The molecule has 9 heteroatoms. The van der Waals surface area contributed by atoms with Gasteiger partial charge < -0.3 is 5.11 Å². The summed E-state index contributed by atoms with van der Waals surface area (Å²) in [5, 5.41) is 9.18. The van der Waals surface area contributed by atoms with Gasteiger partial charge in [0.15, 0.2) is 0 Å². The standard InChI is InChI=1S/C23H16ClF2NO4S/c24-23-18(5-2-6-20(23)26)14-3-1-4-17(11-14)32(30,31)27-13-15(7-10-22(28)29)19-12-16(25)8-9-21(19)27/h1-6,8-9,11-13H,7,10H2,(H,28,29). The zero-order chi connectivity index (χ0) is 23.0. The molecular formula is C23H16ClF2NO4S. The lowest BCUT2D eigenvalue weighted by atomic mass is 10.1. The average molecular weight is 476 g/mol. The number of aliphatic carboxylic acids is 1. The topological polar surface area (TPSA) is 76.4 Å². The minimum Gasteiger partial charge on any atom is -0.481 e. The molecule has 0 bridgehead atoms. The van der Waals surface area contributed by atoms with E-state index in [2.05, 4.69) is 0 Å². The fourth-order valence-electron chi connectivity index (χ4n) is 3.54. The first-order chi connectivity index (χ1) is 15.2. The van der Waals surface area contributed by atoms with Crippen LogP contribution in [-0.2, 0) is 21.2 Å². The van der Waals surface area contributed by atoms with E-state index in [0.29, 0.717) is 22.1 Å². The summed E-state index contributed by atoms with van der Waals surface area (Å²) in [4.78, 5) is 10.9. The van der Waals surface area contributed by atoms with Gasteiger partial charge in [-0.05, 0) is 53.9 Å². The van der Waals surface area contributed by atoms with Crippen molar-refractivity contribution < 1.29 is 27.1 Å². The van der Waals surface area contributed by atoms with Crippen LogP contribution < -0.4 is 0 Å². The molecule has 1 heterocycles. The smallest absolute Gasteiger partial charge is 0.303 e. The van der Waals surface area contributed by atoms with Crippen molar-refractivity contribution in [2.24, 2.45) is 0 Å². The molecule has 0 saturated carbocycles. The van der Waals surface area contributed by atoms with E-state index in [1.165, 1.54) is 48.7 Å². The number of aryl methyl sites for hydroxylation is 1. The van der Waals surface area contributed by atoms with Crippen LogP contribution in [0.25, 0.3) is 22.0 Å². The number of nitrogens with zero attached hydrogens (tertiary/aromatic N) is 1. The molecular weight excluding hydrogens is 460 g/mol. The molecule has 164 valence electrons. The van der Waals surface area contributed by atoms with Gasteiger partial charge in [0.05, 0.1) is 15.4 Å². The third-order valence-electron chi connectivity index (χ3n) is 5.08. The first kappa shape index (κ1) is 22.0. The number of benzene rings is 3. The number of carboxylic acids is 1. The second-order valence-electron chi connectivity index (χ2n) is 7.14. The van der Waals surface area contributed by atoms with Gasteiger partial charge in [-0.2, -0.15) is 0 Å². The molecule has 4 rings (SSSR count). The van der Waals surface area contributed by atoms with E-state index >= 15 is 0 Å². The number of hydrogen-bond acceptors (Lipinski definition) is 3. The van der Waals surface area contributed by atoms with E-state index in [4.69, 9.17) is 16.7 Å². The molecule has 1 aromatic heterocycles. The number of carbonyl (C=O) groups is 1. The van der Waals surface area contributed by atoms with Crippen LogP contribution in [0.1, 0.15) is 12.0 Å². The Balaban J connectivity index is 1.86. The van der Waals surface area contributed by atoms with E-state index in [1.54, 1.807) is 12.1 Å². The summed E-state index contributed by atoms with van der Waals surface area (Å²) in [6.45, 7) is 0. The summed E-state index contributed by atoms with van der Waals surface area (Å²) in [7, 11) is -4.14. The molecule has 4 aromatic rings. The second-order valence-corrected chi connectivity index (χ2v) is 9.33. The highest BCUT2D eigenvalue weighted by Crippen LogP contribution is 2.33. The minimum atomic E-state index is -4.14. The number of fused-ring (bicyclic) bond motifs is 1. The first-order valence-corrected chi connectivity index (χ1v) is 11.3. The van der Waals surface area contributed by atoms with E-state index in [1.807, 2.05) is 0 Å². The highest BCUT2D eigenvalue weighted by atomic mass is 35.5. The summed E-state index contributed by atoms with van der Waals surface area (Å²) >= 11 is 6.05. The Morgan fingerprint density at radius 2 is 1.78 bits per heavy atom. The van der Waals surface area contributed by atoms with Crippen molar-refractivity contribution in [3.05, 3.63) is 89.1 Å². The molecule has 3 aromatic carbocycles. The van der Waals surface area contributed by atoms with Gasteiger partial charge in [-0.25, -0.2) is 21.2 Å². The number of carboxylic acid groups (broad SMARTS) is 1. The van der Waals surface area contributed by atoms with Gasteiger partial charge in [-0.3, -0.25) is 4.79 Å². The molecule has 1 N–H and O–H groups in total. The zero-order valence-corrected chi connectivity index (χ0v) is 18.0. The molecule has 0 fully saturated rings. The lowest BCUT2D eigenvalue weighted by Gasteiger charge is -2.10. The Labute approximate surface area is 187 Å². The van der Waals surface area contributed by atoms with Crippen molar-refractivity contribution in [1.29, 1.82) is 0 Å². The minimum absolute atomic E-state index is 0.0384. The molecule has 0 amide bonds. The van der Waals surface area contributed by atoms with Crippen LogP contribution >= 0.6 is 11.6 Å². The molecule has 0 atom stereocenters. The highest BCUT2D eigenvalue weighted by molar-refractivity contribution is 7.90. The fraction of sp³-hybridized carbons (Fsp3) is 0.0870. The van der Waals surface area contributed by atoms with Gasteiger partial charge in [0, 0.05) is 23.6 Å². The number of hydrogen-bond donors (Lipinski definition) is 1. The Kier molecular flexibility index (Phi) is 5.75. The summed E-state index contributed by atoms with van der Waals surface area (Å²) < 4.78 is 55.6. The zero-order valence-electron chi connectivity index (χ0n) is 16.4. The fourth-order valence-corrected chi connectivity index (χ4v) is 5.22. The maximum Gasteiger partial charge on any atom is 0.303 e. The lowest BCUT2D eigenvalue weighted by Crippen LogP contribution is -2.12. The predicted molar refractivity (Wildman–Crippen MR) is 117 cm³/mol. The molecule has 0 saturated heterocycles. The van der Waals surface area contributed by atoms with Gasteiger partial charge in [0.25, 0.3) is 10.0 Å². The third-order valence-corrected chi connectivity index (χ3v) is 7.13. The van der Waals surface area contributed by atoms with Crippen LogP contribution in [0, 0.1) is 11.6 Å². The predicted octanol–water partition coefficient (Wildman–Crippen LogP) is 5.49. The van der Waals surface area contributed by atoms with E-state index in [9.17, 15) is 22.0 Å². The van der Waals surface area contributed by atoms with Crippen LogP contribution in [-0.4, -0.2) is 23.5 Å². The van der Waals surface area contributed by atoms with Crippen LogP contribution in [0.5, 0.6) is 0 Å². The maximum atomic E-state index is 13.9. The molecule has 32 heavy (non-hydrogen) atoms. The van der Waals surface area contributed by atoms with Gasteiger partial charge in [0.2, 0.25) is 0 Å². The van der Waals surface area contributed by atoms with Gasteiger partial charge in [-0.15, -0.1) is 0 Å². The second kappa shape index (κ2) is 8.37. The number of rotatable bonds is 6. The van der Waals surface area contributed by atoms with Crippen molar-refractivity contribution in [2.45, 2.75) is 17.7 Å². The summed E-state index contributed by atoms with van der Waals surface area (Å²) in [5.74, 6) is -2.24. The third kappa shape index (κ3) is 3.99. The lowest BCUT2D eigenvalue weighted by molar-refractivity contribution is -0.136. The van der Waals surface area contributed by atoms with Crippen molar-refractivity contribution in [2.75, 3.05) is 0 Å². The average Bonchev–Trinajstić information content (AvgIpc) is 3.13. The molecule has 0 aliphatic heterocycles. The van der Waals surface area contributed by atoms with Crippen LogP contribution in [0.2, 0.25) is 5.02 Å². The van der Waals surface area contributed by atoms with E-state index < -0.39 is 27.6 Å². The quantitative estimate of drug-likeness (QED) is 0.400. The molecule has 0 aliphatic carbocycles. The largest absolute Gasteiger partial charge is 0.481 e. The van der Waals surface area contributed by atoms with Crippen LogP contribution in [0.15, 0.2) is 71.8 Å². The van der Waals surface area contributed by atoms with Crippen molar-refractivity contribution in [3.63, 3.8) is 0 Å². The van der Waals surface area contributed by atoms with Crippen LogP contribution in [0.3, 0.4) is 0 Å². The normalized spacial score (nSPS) is 11.7. The van der Waals surface area contributed by atoms with E-state index in [-0.39, 0.29) is 28.3 Å². The summed E-state index contributed by atoms with van der Waals surface area (Å²) in [5.41, 5.74) is 1.37. The Morgan fingerprint density at radius 3 is 2.53 bits per heavy atom. The number of halogens is 3. The molecule has 5 nitrogen and oxygen atoms in total. The summed E-state index contributed by atoms with van der Waals surface area (Å²) in [6.07, 6.45) is 1.12. The maximum absolute atomic E-state index is 13.9. The Hall–Kier alpha value is -3.23. The number of aromatic nitrogens is 1. The SMILES string of the molecule is O=C(O)CCc1cn(S(=O)(=O)c2cccc(-c3cccc(F)c3Cl)c2)c2ccc(F)cc12. The monoisotopic (exact) mass is 475 g/mol.